The molecule has 5 nitrogen and oxygen atoms in total. The molecular weight excluding hydrogens is 364 g/mol. The fraction of sp³-hybridized carbons (Fsp3) is 0.375. The van der Waals surface area contributed by atoms with E-state index in [2.05, 4.69) is 36.1 Å². The van der Waals surface area contributed by atoms with Crippen molar-refractivity contribution in [2.75, 3.05) is 20.2 Å². The molecule has 2 heterocycles. The molecule has 0 atom stereocenters. The summed E-state index contributed by atoms with van der Waals surface area (Å²) in [6.07, 6.45) is 2.33. The molecule has 5 heteroatoms. The Morgan fingerprint density at radius 1 is 0.966 bits per heavy atom. The SMILES string of the molecule is COc1ccc(-c2nc(CN3CCC(Oc4ccc(C)cc4)CC3)c(C)o2)cc1. The highest BCUT2D eigenvalue weighted by molar-refractivity contribution is 5.55. The number of methoxy groups -OCH3 is 1. The van der Waals surface area contributed by atoms with Crippen LogP contribution in [0.25, 0.3) is 11.5 Å². The molecule has 152 valence electrons. The largest absolute Gasteiger partial charge is 0.497 e. The fourth-order valence-corrected chi connectivity index (χ4v) is 3.64. The van der Waals surface area contributed by atoms with Crippen LogP contribution >= 0.6 is 0 Å². The van der Waals surface area contributed by atoms with E-state index in [0.29, 0.717) is 5.89 Å². The van der Waals surface area contributed by atoms with Gasteiger partial charge in [-0.25, -0.2) is 4.98 Å². The second-order valence-corrected chi connectivity index (χ2v) is 7.66. The van der Waals surface area contributed by atoms with E-state index in [1.54, 1.807) is 7.11 Å². The molecule has 29 heavy (non-hydrogen) atoms. The van der Waals surface area contributed by atoms with Crippen LogP contribution in [-0.2, 0) is 6.54 Å². The molecule has 0 amide bonds. The number of rotatable bonds is 6. The second-order valence-electron chi connectivity index (χ2n) is 7.66. The summed E-state index contributed by atoms with van der Waals surface area (Å²) in [5.74, 6) is 3.34. The summed E-state index contributed by atoms with van der Waals surface area (Å²) in [4.78, 5) is 7.17. The molecule has 0 unspecified atom stereocenters. The van der Waals surface area contributed by atoms with Crippen molar-refractivity contribution in [3.63, 3.8) is 0 Å². The molecule has 1 fully saturated rings. The molecule has 1 aliphatic heterocycles. The van der Waals surface area contributed by atoms with E-state index in [-0.39, 0.29) is 6.10 Å². The van der Waals surface area contributed by atoms with E-state index < -0.39 is 0 Å². The molecule has 4 rings (SSSR count). The Hall–Kier alpha value is -2.79. The van der Waals surface area contributed by atoms with Crippen molar-refractivity contribution in [2.24, 2.45) is 0 Å². The molecule has 2 aromatic carbocycles. The van der Waals surface area contributed by atoms with Gasteiger partial charge < -0.3 is 13.9 Å². The van der Waals surface area contributed by atoms with Crippen molar-refractivity contribution in [1.82, 2.24) is 9.88 Å². The van der Waals surface area contributed by atoms with Gasteiger partial charge in [-0.2, -0.15) is 0 Å². The van der Waals surface area contributed by atoms with Gasteiger partial charge in [0.15, 0.2) is 0 Å². The highest BCUT2D eigenvalue weighted by Gasteiger charge is 2.22. The van der Waals surface area contributed by atoms with Crippen LogP contribution in [0.5, 0.6) is 11.5 Å². The molecule has 0 bridgehead atoms. The lowest BCUT2D eigenvalue weighted by Crippen LogP contribution is -2.38. The molecule has 1 aliphatic rings. The average Bonchev–Trinajstić information content (AvgIpc) is 3.11. The van der Waals surface area contributed by atoms with E-state index in [9.17, 15) is 0 Å². The minimum absolute atomic E-state index is 0.280. The molecule has 0 saturated carbocycles. The third kappa shape index (κ3) is 4.80. The number of hydrogen-bond donors (Lipinski definition) is 0. The molecule has 3 aromatic rings. The van der Waals surface area contributed by atoms with Gasteiger partial charge in [0.05, 0.1) is 12.8 Å². The lowest BCUT2D eigenvalue weighted by atomic mass is 10.1. The monoisotopic (exact) mass is 392 g/mol. The van der Waals surface area contributed by atoms with E-state index >= 15 is 0 Å². The maximum absolute atomic E-state index is 6.14. The standard InChI is InChI=1S/C24H28N2O3/c1-17-4-8-21(9-5-17)29-22-12-14-26(15-13-22)16-23-18(2)28-24(25-23)19-6-10-20(27-3)11-7-19/h4-11,22H,12-16H2,1-3H3. The van der Waals surface area contributed by atoms with Crippen LogP contribution in [0.3, 0.4) is 0 Å². The smallest absolute Gasteiger partial charge is 0.226 e. The zero-order valence-electron chi connectivity index (χ0n) is 17.4. The number of aryl methyl sites for hydroxylation is 2. The lowest BCUT2D eigenvalue weighted by Gasteiger charge is -2.31. The Balaban J connectivity index is 1.33. The number of oxazole rings is 1. The zero-order valence-corrected chi connectivity index (χ0v) is 17.4. The lowest BCUT2D eigenvalue weighted by molar-refractivity contribution is 0.0959. The summed E-state index contributed by atoms with van der Waals surface area (Å²) in [5.41, 5.74) is 3.23. The van der Waals surface area contributed by atoms with Crippen molar-refractivity contribution >= 4 is 0 Å². The first-order valence-corrected chi connectivity index (χ1v) is 10.2. The van der Waals surface area contributed by atoms with E-state index in [4.69, 9.17) is 18.9 Å². The Labute approximate surface area is 172 Å². The number of aromatic nitrogens is 1. The van der Waals surface area contributed by atoms with Crippen LogP contribution in [0, 0.1) is 13.8 Å². The first kappa shape index (κ1) is 19.5. The van der Waals surface area contributed by atoms with Crippen LogP contribution < -0.4 is 9.47 Å². The van der Waals surface area contributed by atoms with Gasteiger partial charge in [-0.1, -0.05) is 17.7 Å². The molecule has 0 spiro atoms. The quantitative estimate of drug-likeness (QED) is 0.590. The number of benzene rings is 2. The fourth-order valence-electron chi connectivity index (χ4n) is 3.64. The number of nitrogens with zero attached hydrogens (tertiary/aromatic N) is 2. The van der Waals surface area contributed by atoms with Crippen LogP contribution in [0.1, 0.15) is 29.9 Å². The second kappa shape index (κ2) is 8.70. The number of likely N-dealkylation sites (tertiary alicyclic amines) is 1. The normalized spacial score (nSPS) is 15.4. The zero-order chi connectivity index (χ0) is 20.2. The third-order valence-corrected chi connectivity index (χ3v) is 5.46. The Morgan fingerprint density at radius 3 is 2.28 bits per heavy atom. The number of hydrogen-bond acceptors (Lipinski definition) is 5. The van der Waals surface area contributed by atoms with Crippen molar-refractivity contribution in [3.8, 4) is 23.0 Å². The summed E-state index contributed by atoms with van der Waals surface area (Å²) in [6, 6.07) is 16.1. The van der Waals surface area contributed by atoms with Crippen LogP contribution in [-0.4, -0.2) is 36.2 Å². The summed E-state index contributed by atoms with van der Waals surface area (Å²) in [6.45, 7) is 6.89. The molecular formula is C24H28N2O3. The van der Waals surface area contributed by atoms with Crippen LogP contribution in [0.2, 0.25) is 0 Å². The third-order valence-electron chi connectivity index (χ3n) is 5.46. The summed E-state index contributed by atoms with van der Waals surface area (Å²) in [5, 5.41) is 0. The molecule has 1 saturated heterocycles. The summed E-state index contributed by atoms with van der Waals surface area (Å²) in [7, 11) is 1.66. The van der Waals surface area contributed by atoms with Crippen molar-refractivity contribution in [1.29, 1.82) is 0 Å². The van der Waals surface area contributed by atoms with Gasteiger partial charge in [-0.05, 0) is 63.1 Å². The first-order chi connectivity index (χ1) is 14.1. The van der Waals surface area contributed by atoms with E-state index in [0.717, 1.165) is 61.0 Å². The topological polar surface area (TPSA) is 47.7 Å². The van der Waals surface area contributed by atoms with Crippen LogP contribution in [0.15, 0.2) is 52.9 Å². The van der Waals surface area contributed by atoms with Gasteiger partial charge in [-0.15, -0.1) is 0 Å². The Kier molecular flexibility index (Phi) is 5.86. The molecule has 0 N–H and O–H groups in total. The number of ether oxygens (including phenoxy) is 2. The van der Waals surface area contributed by atoms with Gasteiger partial charge >= 0.3 is 0 Å². The van der Waals surface area contributed by atoms with Crippen molar-refractivity contribution in [3.05, 3.63) is 65.5 Å². The first-order valence-electron chi connectivity index (χ1n) is 10.2. The van der Waals surface area contributed by atoms with Gasteiger partial charge in [-0.3, -0.25) is 4.90 Å². The van der Waals surface area contributed by atoms with Gasteiger partial charge in [0, 0.05) is 25.2 Å². The summed E-state index contributed by atoms with van der Waals surface area (Å²) < 4.78 is 17.3. The van der Waals surface area contributed by atoms with Crippen LogP contribution in [0.4, 0.5) is 0 Å². The Bertz CT molecular complexity index is 924. The minimum atomic E-state index is 0.280. The Morgan fingerprint density at radius 2 is 1.62 bits per heavy atom. The van der Waals surface area contributed by atoms with Crippen molar-refractivity contribution < 1.29 is 13.9 Å². The van der Waals surface area contributed by atoms with E-state index in [1.807, 2.05) is 31.2 Å². The molecule has 0 aliphatic carbocycles. The minimum Gasteiger partial charge on any atom is -0.497 e. The van der Waals surface area contributed by atoms with Gasteiger partial charge in [0.2, 0.25) is 5.89 Å². The highest BCUT2D eigenvalue weighted by atomic mass is 16.5. The molecule has 1 aromatic heterocycles. The predicted molar refractivity (Wildman–Crippen MR) is 113 cm³/mol. The maximum Gasteiger partial charge on any atom is 0.226 e. The van der Waals surface area contributed by atoms with Crippen molar-refractivity contribution in [2.45, 2.75) is 39.3 Å². The number of piperidine rings is 1. The van der Waals surface area contributed by atoms with Gasteiger partial charge in [0.25, 0.3) is 0 Å². The predicted octanol–water partition coefficient (Wildman–Crippen LogP) is 5.01. The molecule has 0 radical (unpaired) electrons. The summed E-state index contributed by atoms with van der Waals surface area (Å²) >= 11 is 0. The maximum atomic E-state index is 6.14. The average molecular weight is 392 g/mol. The highest BCUT2D eigenvalue weighted by Crippen LogP contribution is 2.26. The van der Waals surface area contributed by atoms with E-state index in [1.165, 1.54) is 5.56 Å². The van der Waals surface area contributed by atoms with Gasteiger partial charge in [0.1, 0.15) is 23.4 Å².